The molecule has 2 atom stereocenters. The molecule has 0 spiro atoms. The zero-order chi connectivity index (χ0) is 18.1. The number of nitrogens with one attached hydrogen (secondary N) is 2. The number of amides is 1. The van der Waals surface area contributed by atoms with Crippen LogP contribution < -0.4 is 15.0 Å². The van der Waals surface area contributed by atoms with E-state index in [-0.39, 0.29) is 11.7 Å². The first-order valence-corrected chi connectivity index (χ1v) is 9.73. The van der Waals surface area contributed by atoms with Crippen molar-refractivity contribution in [2.45, 2.75) is 31.9 Å². The number of carbonyl (C=O) groups excluding carboxylic acids is 1. The second-order valence-electron chi connectivity index (χ2n) is 6.90. The second kappa shape index (κ2) is 7.32. The molecule has 1 unspecified atom stereocenters. The Hall–Kier alpha value is -1.99. The number of ether oxygens (including phenoxy) is 1. The van der Waals surface area contributed by atoms with E-state index in [4.69, 9.17) is 0 Å². The molecule has 2 aliphatic rings. The molecule has 0 saturated heterocycles. The fraction of sp³-hybridized carbons (Fsp3) is 0.421. The van der Waals surface area contributed by atoms with E-state index in [0.29, 0.717) is 24.2 Å². The highest BCUT2D eigenvalue weighted by molar-refractivity contribution is 7.10. The summed E-state index contributed by atoms with van der Waals surface area (Å²) in [6.45, 7) is -1.45. The molecule has 4 nitrogen and oxygen atoms in total. The lowest BCUT2D eigenvalue weighted by molar-refractivity contribution is -0.928. The van der Waals surface area contributed by atoms with Gasteiger partial charge in [-0.25, -0.2) is 0 Å². The summed E-state index contributed by atoms with van der Waals surface area (Å²) in [5.74, 6) is 0.725. The molecule has 138 valence electrons. The zero-order valence-corrected chi connectivity index (χ0v) is 15.0. The SMILES string of the molecule is O=C(C[NH+]1CCc2sccc2[C@H]1C1CC1)Nc1ccc(OC(F)F)cc1. The Kier molecular flexibility index (Phi) is 4.91. The van der Waals surface area contributed by atoms with Crippen molar-refractivity contribution in [1.82, 2.24) is 0 Å². The highest BCUT2D eigenvalue weighted by atomic mass is 32.1. The lowest BCUT2D eigenvalue weighted by Gasteiger charge is -2.32. The van der Waals surface area contributed by atoms with E-state index < -0.39 is 6.61 Å². The van der Waals surface area contributed by atoms with Crippen molar-refractivity contribution in [2.75, 3.05) is 18.4 Å². The molecule has 26 heavy (non-hydrogen) atoms. The zero-order valence-electron chi connectivity index (χ0n) is 14.2. The fourth-order valence-corrected chi connectivity index (χ4v) is 4.76. The summed E-state index contributed by atoms with van der Waals surface area (Å²) in [5, 5.41) is 5.03. The normalized spacial score (nSPS) is 22.1. The van der Waals surface area contributed by atoms with E-state index in [2.05, 4.69) is 21.5 Å². The molecule has 1 aromatic carbocycles. The molecule has 0 bridgehead atoms. The molecule has 1 aromatic heterocycles. The van der Waals surface area contributed by atoms with E-state index in [1.807, 2.05) is 11.3 Å². The molecule has 1 amide bonds. The van der Waals surface area contributed by atoms with Gasteiger partial charge in [0.2, 0.25) is 0 Å². The molecule has 1 fully saturated rings. The van der Waals surface area contributed by atoms with Gasteiger partial charge in [-0.2, -0.15) is 8.78 Å². The maximum Gasteiger partial charge on any atom is 0.387 e. The van der Waals surface area contributed by atoms with Crippen molar-refractivity contribution in [3.05, 3.63) is 46.2 Å². The van der Waals surface area contributed by atoms with Gasteiger partial charge in [0, 0.05) is 28.5 Å². The molecule has 0 radical (unpaired) electrons. The Morgan fingerprint density at radius 3 is 2.73 bits per heavy atom. The number of halogens is 2. The summed E-state index contributed by atoms with van der Waals surface area (Å²) in [4.78, 5) is 15.3. The summed E-state index contributed by atoms with van der Waals surface area (Å²) in [5.41, 5.74) is 2.02. The minimum absolute atomic E-state index is 0.0492. The van der Waals surface area contributed by atoms with E-state index in [0.717, 1.165) is 13.0 Å². The van der Waals surface area contributed by atoms with Gasteiger partial charge in [-0.1, -0.05) is 0 Å². The van der Waals surface area contributed by atoms with Gasteiger partial charge in [-0.15, -0.1) is 11.3 Å². The standard InChI is InChI=1S/C19H20F2N2O2S/c20-19(21)25-14-5-3-13(4-6-14)22-17(24)11-23-9-7-16-15(8-10-26-16)18(23)12-1-2-12/h3-6,8,10,12,18-19H,1-2,7,9,11H2,(H,22,24)/p+1/t18-/m1/s1. The Balaban J connectivity index is 1.38. The highest BCUT2D eigenvalue weighted by Gasteiger charge is 2.43. The number of thiophene rings is 1. The van der Waals surface area contributed by atoms with Gasteiger partial charge in [0.05, 0.1) is 6.54 Å². The largest absolute Gasteiger partial charge is 0.435 e. The van der Waals surface area contributed by atoms with Crippen LogP contribution in [0.5, 0.6) is 5.75 Å². The van der Waals surface area contributed by atoms with Crippen molar-refractivity contribution in [3.63, 3.8) is 0 Å². The number of carbonyl (C=O) groups is 1. The molecule has 2 aromatic rings. The number of hydrogen-bond donors (Lipinski definition) is 2. The van der Waals surface area contributed by atoms with E-state index in [9.17, 15) is 13.6 Å². The van der Waals surface area contributed by atoms with Crippen molar-refractivity contribution in [1.29, 1.82) is 0 Å². The average Bonchev–Trinajstić information content (AvgIpc) is 3.32. The van der Waals surface area contributed by atoms with Crippen molar-refractivity contribution < 1.29 is 23.2 Å². The molecule has 1 aliphatic carbocycles. The molecule has 2 heterocycles. The van der Waals surface area contributed by atoms with Gasteiger partial charge in [0.1, 0.15) is 11.8 Å². The molecule has 4 rings (SSSR count). The summed E-state index contributed by atoms with van der Waals surface area (Å²) in [6, 6.07) is 8.67. The van der Waals surface area contributed by atoms with E-state index in [1.54, 1.807) is 12.1 Å². The van der Waals surface area contributed by atoms with Gasteiger partial charge in [-0.3, -0.25) is 4.79 Å². The summed E-state index contributed by atoms with van der Waals surface area (Å²) in [7, 11) is 0. The predicted octanol–water partition coefficient (Wildman–Crippen LogP) is 2.88. The lowest BCUT2D eigenvalue weighted by Crippen LogP contribution is -3.14. The first kappa shape index (κ1) is 17.4. The number of benzene rings is 1. The van der Waals surface area contributed by atoms with Crippen LogP contribution in [0.3, 0.4) is 0 Å². The highest BCUT2D eigenvalue weighted by Crippen LogP contribution is 2.42. The molecule has 7 heteroatoms. The van der Waals surface area contributed by atoms with Crippen LogP contribution >= 0.6 is 11.3 Å². The Bertz CT molecular complexity index is 774. The maximum atomic E-state index is 12.5. The topological polar surface area (TPSA) is 42.8 Å². The minimum atomic E-state index is -2.85. The van der Waals surface area contributed by atoms with Crippen molar-refractivity contribution in [2.24, 2.45) is 5.92 Å². The van der Waals surface area contributed by atoms with Crippen LogP contribution in [0.25, 0.3) is 0 Å². The molecule has 1 aliphatic heterocycles. The number of rotatable bonds is 6. The second-order valence-corrected chi connectivity index (χ2v) is 7.90. The van der Waals surface area contributed by atoms with Crippen LogP contribution in [0, 0.1) is 5.92 Å². The monoisotopic (exact) mass is 379 g/mol. The smallest absolute Gasteiger partial charge is 0.387 e. The van der Waals surface area contributed by atoms with E-state index >= 15 is 0 Å². The molecule has 2 N–H and O–H groups in total. The first-order chi connectivity index (χ1) is 12.6. The third-order valence-electron chi connectivity index (χ3n) is 5.07. The van der Waals surface area contributed by atoms with Gasteiger partial charge >= 0.3 is 6.61 Å². The van der Waals surface area contributed by atoms with Gasteiger partial charge < -0.3 is 15.0 Å². The summed E-state index contributed by atoms with van der Waals surface area (Å²) >= 11 is 1.82. The third kappa shape index (κ3) is 3.88. The number of anilines is 1. The first-order valence-electron chi connectivity index (χ1n) is 8.85. The number of alkyl halides is 2. The fourth-order valence-electron chi connectivity index (χ4n) is 3.83. The van der Waals surface area contributed by atoms with Crippen LogP contribution in [0.1, 0.15) is 29.3 Å². The van der Waals surface area contributed by atoms with Crippen molar-refractivity contribution in [3.8, 4) is 5.75 Å². The van der Waals surface area contributed by atoms with Gasteiger partial charge in [0.15, 0.2) is 6.54 Å². The van der Waals surface area contributed by atoms with E-state index in [1.165, 1.54) is 40.3 Å². The minimum Gasteiger partial charge on any atom is -0.435 e. The van der Waals surface area contributed by atoms with Crippen LogP contribution in [0.2, 0.25) is 0 Å². The Morgan fingerprint density at radius 2 is 2.04 bits per heavy atom. The summed E-state index contributed by atoms with van der Waals surface area (Å²) < 4.78 is 28.7. The van der Waals surface area contributed by atoms with Crippen LogP contribution in [-0.4, -0.2) is 25.6 Å². The Labute approximate surface area is 154 Å². The van der Waals surface area contributed by atoms with Crippen LogP contribution in [0.4, 0.5) is 14.5 Å². The van der Waals surface area contributed by atoms with Gasteiger partial charge in [-0.05, 0) is 48.6 Å². The third-order valence-corrected chi connectivity index (χ3v) is 6.07. The van der Waals surface area contributed by atoms with Crippen molar-refractivity contribution >= 4 is 22.9 Å². The van der Waals surface area contributed by atoms with Crippen LogP contribution in [-0.2, 0) is 11.2 Å². The summed E-state index contributed by atoms with van der Waals surface area (Å²) in [6.07, 6.45) is 3.52. The molecular weight excluding hydrogens is 358 g/mol. The van der Waals surface area contributed by atoms with Crippen LogP contribution in [0.15, 0.2) is 35.7 Å². The Morgan fingerprint density at radius 1 is 1.27 bits per heavy atom. The molecule has 1 saturated carbocycles. The lowest BCUT2D eigenvalue weighted by atomic mass is 9.96. The predicted molar refractivity (Wildman–Crippen MR) is 95.9 cm³/mol. The number of hydrogen-bond acceptors (Lipinski definition) is 3. The van der Waals surface area contributed by atoms with Gasteiger partial charge in [0.25, 0.3) is 5.91 Å². The maximum absolute atomic E-state index is 12.5. The number of fused-ring (bicyclic) bond motifs is 1. The quantitative estimate of drug-likeness (QED) is 0.811. The number of quaternary nitrogens is 1. The average molecular weight is 379 g/mol. The molecular formula is C19H21F2N2O2S+.